The molecule has 1 fully saturated rings. The van der Waals surface area contributed by atoms with E-state index in [1.54, 1.807) is 12.4 Å². The Labute approximate surface area is 160 Å². The first kappa shape index (κ1) is 19.9. The highest BCUT2D eigenvalue weighted by Gasteiger charge is 2.45. The Kier molecular flexibility index (Phi) is 6.20. The smallest absolute Gasteiger partial charge is 0.273 e. The summed E-state index contributed by atoms with van der Waals surface area (Å²) >= 11 is 1.11. The zero-order chi connectivity index (χ0) is 19.6. The summed E-state index contributed by atoms with van der Waals surface area (Å²) in [5, 5.41) is 41.1. The van der Waals surface area contributed by atoms with Crippen LogP contribution in [0.5, 0.6) is 0 Å². The van der Waals surface area contributed by atoms with E-state index in [0.29, 0.717) is 11.6 Å². The first-order chi connectivity index (χ1) is 12.9. The zero-order valence-corrected chi connectivity index (χ0v) is 15.5. The molecule has 1 aromatic carbocycles. The third-order valence-corrected chi connectivity index (χ3v) is 5.39. The van der Waals surface area contributed by atoms with E-state index >= 15 is 0 Å². The standard InChI is InChI=1S/C18H22N2O6S/c1-20(7-10-5-3-2-4-6-10)18(25)11-9-27-17(19-11)16-15(24)14(23)13(22)12(8-21)26-16/h2-6,9,12-16,21-24H,7-8H2,1H3/t12-,13+,14+,15-,16-/m1/s1. The summed E-state index contributed by atoms with van der Waals surface area (Å²) in [6.45, 7) is -0.0923. The van der Waals surface area contributed by atoms with Crippen molar-refractivity contribution in [3.8, 4) is 0 Å². The molecule has 8 nitrogen and oxygen atoms in total. The number of hydrogen-bond donors (Lipinski definition) is 4. The largest absolute Gasteiger partial charge is 0.394 e. The summed E-state index contributed by atoms with van der Waals surface area (Å²) in [4.78, 5) is 18.4. The summed E-state index contributed by atoms with van der Waals surface area (Å²) in [5.41, 5.74) is 1.18. The van der Waals surface area contributed by atoms with E-state index in [-0.39, 0.29) is 11.6 Å². The number of carbonyl (C=O) groups is 1. The molecule has 27 heavy (non-hydrogen) atoms. The number of amides is 1. The molecule has 1 saturated heterocycles. The highest BCUT2D eigenvalue weighted by molar-refractivity contribution is 7.09. The van der Waals surface area contributed by atoms with Gasteiger partial charge in [-0.3, -0.25) is 4.79 Å². The molecule has 1 aromatic heterocycles. The SMILES string of the molecule is CN(Cc1ccccc1)C(=O)c1csc([C@@H]2O[C@H](CO)[C@H](O)[C@H](O)[C@H]2O)n1. The quantitative estimate of drug-likeness (QED) is 0.560. The lowest BCUT2D eigenvalue weighted by atomic mass is 9.95. The van der Waals surface area contributed by atoms with Crippen molar-refractivity contribution in [2.45, 2.75) is 37.1 Å². The molecule has 2 aromatic rings. The Hall–Kier alpha value is -1.88. The van der Waals surface area contributed by atoms with Gasteiger partial charge in [-0.1, -0.05) is 30.3 Å². The predicted octanol–water partition coefficient (Wildman–Crippen LogP) is -0.0698. The highest BCUT2D eigenvalue weighted by atomic mass is 32.1. The first-order valence-electron chi connectivity index (χ1n) is 8.47. The number of rotatable bonds is 5. The van der Waals surface area contributed by atoms with Gasteiger partial charge in [-0.05, 0) is 5.56 Å². The lowest BCUT2D eigenvalue weighted by Crippen LogP contribution is -2.55. The second kappa shape index (κ2) is 8.42. The zero-order valence-electron chi connectivity index (χ0n) is 14.7. The van der Waals surface area contributed by atoms with Gasteiger partial charge in [0.15, 0.2) is 0 Å². The number of aliphatic hydroxyl groups excluding tert-OH is 4. The fraction of sp³-hybridized carbons (Fsp3) is 0.444. The van der Waals surface area contributed by atoms with Crippen LogP contribution in [0, 0.1) is 0 Å². The van der Waals surface area contributed by atoms with Crippen LogP contribution in [0.2, 0.25) is 0 Å². The molecule has 1 amide bonds. The summed E-state index contributed by atoms with van der Waals surface area (Å²) in [7, 11) is 1.67. The first-order valence-corrected chi connectivity index (χ1v) is 9.35. The number of thiazole rings is 1. The lowest BCUT2D eigenvalue weighted by Gasteiger charge is -2.39. The minimum absolute atomic E-state index is 0.199. The van der Waals surface area contributed by atoms with E-state index in [1.807, 2.05) is 30.3 Å². The van der Waals surface area contributed by atoms with Crippen LogP contribution in [0.15, 0.2) is 35.7 Å². The Balaban J connectivity index is 1.72. The van der Waals surface area contributed by atoms with Crippen LogP contribution >= 0.6 is 11.3 Å². The second-order valence-corrected chi connectivity index (χ2v) is 7.36. The van der Waals surface area contributed by atoms with Crippen LogP contribution in [0.4, 0.5) is 0 Å². The maximum absolute atomic E-state index is 12.6. The molecule has 146 valence electrons. The Morgan fingerprint density at radius 2 is 1.89 bits per heavy atom. The van der Waals surface area contributed by atoms with Crippen LogP contribution < -0.4 is 0 Å². The third kappa shape index (κ3) is 4.18. The van der Waals surface area contributed by atoms with Crippen LogP contribution in [0.3, 0.4) is 0 Å². The molecule has 1 aliphatic heterocycles. The average molecular weight is 394 g/mol. The van der Waals surface area contributed by atoms with Crippen molar-refractivity contribution in [3.63, 3.8) is 0 Å². The molecule has 9 heteroatoms. The number of nitrogens with zero attached hydrogens (tertiary/aromatic N) is 2. The van der Waals surface area contributed by atoms with Crippen molar-refractivity contribution >= 4 is 17.2 Å². The Morgan fingerprint density at radius 1 is 1.19 bits per heavy atom. The second-order valence-electron chi connectivity index (χ2n) is 6.47. The molecule has 5 atom stereocenters. The highest BCUT2D eigenvalue weighted by Crippen LogP contribution is 2.34. The molecule has 0 radical (unpaired) electrons. The van der Waals surface area contributed by atoms with Crippen LogP contribution in [-0.2, 0) is 11.3 Å². The van der Waals surface area contributed by atoms with Gasteiger partial charge in [0.2, 0.25) is 0 Å². The van der Waals surface area contributed by atoms with Crippen molar-refractivity contribution < 1.29 is 30.0 Å². The monoisotopic (exact) mass is 394 g/mol. The molecule has 1 aliphatic rings. The maximum Gasteiger partial charge on any atom is 0.273 e. The number of benzene rings is 1. The van der Waals surface area contributed by atoms with Crippen molar-refractivity contribution in [2.75, 3.05) is 13.7 Å². The molecule has 0 spiro atoms. The Bertz CT molecular complexity index is 768. The topological polar surface area (TPSA) is 123 Å². The summed E-state index contributed by atoms with van der Waals surface area (Å²) in [5.74, 6) is -0.286. The van der Waals surface area contributed by atoms with Crippen molar-refractivity contribution in [1.82, 2.24) is 9.88 Å². The third-order valence-electron chi connectivity index (χ3n) is 4.49. The summed E-state index contributed by atoms with van der Waals surface area (Å²) in [6, 6.07) is 9.54. The van der Waals surface area contributed by atoms with E-state index in [1.165, 1.54) is 4.90 Å². The average Bonchev–Trinajstić information content (AvgIpc) is 3.16. The number of aromatic nitrogens is 1. The fourth-order valence-electron chi connectivity index (χ4n) is 2.95. The predicted molar refractivity (Wildman–Crippen MR) is 97.1 cm³/mol. The minimum Gasteiger partial charge on any atom is -0.394 e. The minimum atomic E-state index is -1.48. The molecule has 2 heterocycles. The van der Waals surface area contributed by atoms with E-state index in [2.05, 4.69) is 4.98 Å². The number of hydrogen-bond acceptors (Lipinski definition) is 8. The molecule has 0 aliphatic carbocycles. The molecule has 4 N–H and O–H groups in total. The van der Waals surface area contributed by atoms with Gasteiger partial charge in [-0.15, -0.1) is 11.3 Å². The molecule has 0 unspecified atom stereocenters. The van der Waals surface area contributed by atoms with Gasteiger partial charge in [0.05, 0.1) is 6.61 Å². The van der Waals surface area contributed by atoms with Gasteiger partial charge in [0.25, 0.3) is 5.91 Å². The van der Waals surface area contributed by atoms with E-state index in [0.717, 1.165) is 16.9 Å². The van der Waals surface area contributed by atoms with Gasteiger partial charge >= 0.3 is 0 Å². The van der Waals surface area contributed by atoms with Gasteiger partial charge < -0.3 is 30.1 Å². The van der Waals surface area contributed by atoms with Crippen molar-refractivity contribution in [3.05, 3.63) is 52.0 Å². The van der Waals surface area contributed by atoms with Crippen LogP contribution in [0.25, 0.3) is 0 Å². The molecule has 0 saturated carbocycles. The van der Waals surface area contributed by atoms with Gasteiger partial charge in [0.1, 0.15) is 41.2 Å². The van der Waals surface area contributed by atoms with E-state index < -0.39 is 37.1 Å². The molecular weight excluding hydrogens is 372 g/mol. The molecule has 3 rings (SSSR count). The van der Waals surface area contributed by atoms with Crippen molar-refractivity contribution in [2.24, 2.45) is 0 Å². The van der Waals surface area contributed by atoms with Gasteiger partial charge in [0, 0.05) is 19.0 Å². The fourth-order valence-corrected chi connectivity index (χ4v) is 3.81. The van der Waals surface area contributed by atoms with Gasteiger partial charge in [-0.25, -0.2) is 4.98 Å². The maximum atomic E-state index is 12.6. The number of ether oxygens (including phenoxy) is 1. The summed E-state index contributed by atoms with van der Waals surface area (Å²) < 4.78 is 5.48. The number of aliphatic hydroxyl groups is 4. The van der Waals surface area contributed by atoms with E-state index in [4.69, 9.17) is 4.74 Å². The van der Waals surface area contributed by atoms with Crippen molar-refractivity contribution in [1.29, 1.82) is 0 Å². The Morgan fingerprint density at radius 3 is 2.56 bits per heavy atom. The summed E-state index contributed by atoms with van der Waals surface area (Å²) in [6.07, 6.45) is -6.38. The van der Waals surface area contributed by atoms with Crippen LogP contribution in [-0.4, -0.2) is 74.3 Å². The van der Waals surface area contributed by atoms with E-state index in [9.17, 15) is 25.2 Å². The number of carbonyl (C=O) groups excluding carboxylic acids is 1. The normalized spacial score (nSPS) is 28.1. The lowest BCUT2D eigenvalue weighted by molar-refractivity contribution is -0.231. The van der Waals surface area contributed by atoms with Crippen LogP contribution in [0.1, 0.15) is 27.2 Å². The van der Waals surface area contributed by atoms with Gasteiger partial charge in [-0.2, -0.15) is 0 Å². The molecule has 0 bridgehead atoms. The molecular formula is C18H22N2O6S.